The number of nitrogens with one attached hydrogen (secondary N) is 2. The lowest BCUT2D eigenvalue weighted by Gasteiger charge is -2.44. The third kappa shape index (κ3) is 3.90. The number of hydrogen-bond donors (Lipinski definition) is 2. The molecule has 4 rings (SSSR count). The molecule has 1 aromatic carbocycles. The molecule has 2 amide bonds. The summed E-state index contributed by atoms with van der Waals surface area (Å²) < 4.78 is 1.52. The van der Waals surface area contributed by atoms with Gasteiger partial charge >= 0.3 is 0 Å². The van der Waals surface area contributed by atoms with E-state index in [9.17, 15) is 9.59 Å². The quantitative estimate of drug-likeness (QED) is 0.822. The summed E-state index contributed by atoms with van der Waals surface area (Å²) in [5, 5.41) is 17.4. The van der Waals surface area contributed by atoms with Crippen LogP contribution in [0.2, 0.25) is 0 Å². The van der Waals surface area contributed by atoms with Crippen molar-refractivity contribution in [3.8, 4) is 5.69 Å². The monoisotopic (exact) mass is 382 g/mol. The Kier molecular flexibility index (Phi) is 5.36. The molecule has 2 aromatic rings. The lowest BCUT2D eigenvalue weighted by molar-refractivity contribution is -0.127. The van der Waals surface area contributed by atoms with Gasteiger partial charge in [-0.25, -0.2) is 4.68 Å². The van der Waals surface area contributed by atoms with Crippen LogP contribution in [0.5, 0.6) is 0 Å². The number of hydrogen-bond acceptors (Lipinski definition) is 5. The molecule has 8 heteroatoms. The number of tetrazole rings is 1. The van der Waals surface area contributed by atoms with E-state index >= 15 is 0 Å². The Bertz CT molecular complexity index is 837. The smallest absolute Gasteiger partial charge is 0.251 e. The van der Waals surface area contributed by atoms with Crippen molar-refractivity contribution in [2.45, 2.75) is 57.5 Å². The molecule has 1 aromatic heterocycles. The van der Waals surface area contributed by atoms with Crippen LogP contribution in [0.3, 0.4) is 0 Å². The van der Waals surface area contributed by atoms with Crippen molar-refractivity contribution in [1.29, 1.82) is 0 Å². The summed E-state index contributed by atoms with van der Waals surface area (Å²) in [4.78, 5) is 24.9. The Labute approximate surface area is 164 Å². The van der Waals surface area contributed by atoms with Gasteiger partial charge in [0.05, 0.1) is 5.69 Å². The van der Waals surface area contributed by atoms with Crippen molar-refractivity contribution in [3.05, 3.63) is 36.2 Å². The molecule has 1 aliphatic heterocycles. The maximum Gasteiger partial charge on any atom is 0.251 e. The molecule has 4 atom stereocenters. The Morgan fingerprint density at radius 1 is 1.36 bits per heavy atom. The fourth-order valence-corrected chi connectivity index (χ4v) is 4.74. The Hall–Kier alpha value is -2.77. The van der Waals surface area contributed by atoms with E-state index < -0.39 is 0 Å². The third-order valence-electron chi connectivity index (χ3n) is 6.02. The first kappa shape index (κ1) is 18.6. The average molecular weight is 382 g/mol. The Morgan fingerprint density at radius 2 is 2.25 bits per heavy atom. The third-order valence-corrected chi connectivity index (χ3v) is 6.02. The lowest BCUT2D eigenvalue weighted by Crippen LogP contribution is -2.55. The molecule has 0 spiro atoms. The van der Waals surface area contributed by atoms with E-state index in [0.29, 0.717) is 23.8 Å². The summed E-state index contributed by atoms with van der Waals surface area (Å²) >= 11 is 0. The summed E-state index contributed by atoms with van der Waals surface area (Å²) in [6.45, 7) is 2.18. The van der Waals surface area contributed by atoms with Gasteiger partial charge in [0.2, 0.25) is 5.91 Å². The number of carbonyl (C=O) groups is 2. The maximum atomic E-state index is 12.8. The molecule has 2 aliphatic rings. The maximum absolute atomic E-state index is 12.8. The van der Waals surface area contributed by atoms with Gasteiger partial charge in [-0.1, -0.05) is 19.4 Å². The van der Waals surface area contributed by atoms with E-state index in [1.165, 1.54) is 11.0 Å². The van der Waals surface area contributed by atoms with E-state index in [4.69, 9.17) is 0 Å². The molecule has 0 bridgehead atoms. The number of aromatic nitrogens is 4. The zero-order valence-corrected chi connectivity index (χ0v) is 16.0. The first-order chi connectivity index (χ1) is 13.6. The van der Waals surface area contributed by atoms with Crippen LogP contribution in [0.15, 0.2) is 30.6 Å². The molecule has 1 saturated heterocycles. The van der Waals surface area contributed by atoms with Crippen LogP contribution in [0.25, 0.3) is 5.69 Å². The second-order valence-electron chi connectivity index (χ2n) is 7.88. The zero-order valence-electron chi connectivity index (χ0n) is 16.0. The van der Waals surface area contributed by atoms with Gasteiger partial charge in [-0.15, -0.1) is 5.10 Å². The minimum Gasteiger partial charge on any atom is -0.353 e. The van der Waals surface area contributed by atoms with Crippen molar-refractivity contribution in [3.63, 3.8) is 0 Å². The summed E-state index contributed by atoms with van der Waals surface area (Å²) in [6, 6.07) is 7.48. The second kappa shape index (κ2) is 8.08. The highest BCUT2D eigenvalue weighted by Crippen LogP contribution is 2.37. The van der Waals surface area contributed by atoms with Crippen molar-refractivity contribution in [1.82, 2.24) is 30.8 Å². The van der Waals surface area contributed by atoms with Crippen LogP contribution in [0, 0.1) is 11.8 Å². The summed E-state index contributed by atoms with van der Waals surface area (Å²) in [6.07, 6.45) is 7.16. The molecule has 148 valence electrons. The van der Waals surface area contributed by atoms with Crippen LogP contribution in [0.4, 0.5) is 0 Å². The molecule has 4 unspecified atom stereocenters. The second-order valence-corrected chi connectivity index (χ2v) is 7.88. The molecular weight excluding hydrogens is 356 g/mol. The number of carbonyl (C=O) groups excluding carboxylic acids is 2. The summed E-state index contributed by atoms with van der Waals surface area (Å²) in [5.74, 6) is 1.06. The van der Waals surface area contributed by atoms with Gasteiger partial charge in [-0.05, 0) is 66.1 Å². The Balaban J connectivity index is 1.41. The van der Waals surface area contributed by atoms with Crippen LogP contribution in [-0.4, -0.2) is 44.1 Å². The fraction of sp³-hybridized carbons (Fsp3) is 0.550. The average Bonchev–Trinajstić information content (AvgIpc) is 3.23. The van der Waals surface area contributed by atoms with Gasteiger partial charge in [-0.3, -0.25) is 9.59 Å². The molecule has 1 aliphatic carbocycles. The lowest BCUT2D eigenvalue weighted by atomic mass is 9.70. The fourth-order valence-electron chi connectivity index (χ4n) is 4.74. The first-order valence-electron chi connectivity index (χ1n) is 10.1. The van der Waals surface area contributed by atoms with E-state index in [1.54, 1.807) is 12.1 Å². The highest BCUT2D eigenvalue weighted by atomic mass is 16.2. The van der Waals surface area contributed by atoms with Crippen molar-refractivity contribution in [2.24, 2.45) is 11.8 Å². The van der Waals surface area contributed by atoms with Gasteiger partial charge in [0, 0.05) is 24.1 Å². The van der Waals surface area contributed by atoms with E-state index in [2.05, 4.69) is 33.1 Å². The number of benzene rings is 1. The van der Waals surface area contributed by atoms with Crippen LogP contribution in [-0.2, 0) is 4.79 Å². The molecule has 8 nitrogen and oxygen atoms in total. The molecule has 1 saturated carbocycles. The predicted octanol–water partition coefficient (Wildman–Crippen LogP) is 1.87. The zero-order chi connectivity index (χ0) is 19.5. The summed E-state index contributed by atoms with van der Waals surface area (Å²) in [5.41, 5.74) is 1.31. The van der Waals surface area contributed by atoms with Crippen molar-refractivity contribution in [2.75, 3.05) is 0 Å². The van der Waals surface area contributed by atoms with Gasteiger partial charge < -0.3 is 10.6 Å². The van der Waals surface area contributed by atoms with Crippen molar-refractivity contribution >= 4 is 11.8 Å². The highest BCUT2D eigenvalue weighted by Gasteiger charge is 2.40. The minimum absolute atomic E-state index is 0.0751. The summed E-state index contributed by atoms with van der Waals surface area (Å²) in [7, 11) is 0. The molecule has 28 heavy (non-hydrogen) atoms. The van der Waals surface area contributed by atoms with E-state index in [0.717, 1.165) is 37.8 Å². The van der Waals surface area contributed by atoms with Crippen molar-refractivity contribution < 1.29 is 9.59 Å². The van der Waals surface area contributed by atoms with E-state index in [-0.39, 0.29) is 23.9 Å². The van der Waals surface area contributed by atoms with Crippen LogP contribution >= 0.6 is 0 Å². The van der Waals surface area contributed by atoms with Gasteiger partial charge in [-0.2, -0.15) is 0 Å². The van der Waals surface area contributed by atoms with Gasteiger partial charge in [0.25, 0.3) is 5.91 Å². The number of rotatable bonds is 5. The largest absolute Gasteiger partial charge is 0.353 e. The van der Waals surface area contributed by atoms with Gasteiger partial charge in [0.1, 0.15) is 6.33 Å². The molecule has 2 N–H and O–H groups in total. The SMILES string of the molecule is CCCC1CC(=O)NC2CC(NC(=O)c3cccc(-n4cnnn4)c3)CCC12. The Morgan fingerprint density at radius 3 is 3.04 bits per heavy atom. The topological polar surface area (TPSA) is 102 Å². The minimum atomic E-state index is -0.106. The number of nitrogens with zero attached hydrogens (tertiary/aromatic N) is 4. The van der Waals surface area contributed by atoms with Crippen LogP contribution < -0.4 is 10.6 Å². The highest BCUT2D eigenvalue weighted by molar-refractivity contribution is 5.94. The van der Waals surface area contributed by atoms with Gasteiger partial charge in [0.15, 0.2) is 0 Å². The predicted molar refractivity (Wildman–Crippen MR) is 103 cm³/mol. The number of amides is 2. The van der Waals surface area contributed by atoms with E-state index in [1.807, 2.05) is 12.1 Å². The molecule has 2 fully saturated rings. The molecular formula is C20H26N6O2. The number of piperidine rings is 1. The standard InChI is InChI=1S/C20H26N6O2/c1-2-4-13-10-19(27)23-18-11-15(7-8-17(13)18)22-20(28)14-5-3-6-16(9-14)26-12-21-24-25-26/h3,5-6,9,12-13,15,17-18H,2,4,7-8,10-11H2,1H3,(H,22,28)(H,23,27). The first-order valence-corrected chi connectivity index (χ1v) is 10.1. The normalized spacial score (nSPS) is 27.0. The number of fused-ring (bicyclic) bond motifs is 1. The van der Waals surface area contributed by atoms with Crippen LogP contribution in [0.1, 0.15) is 55.8 Å². The molecule has 2 heterocycles. The molecule has 0 radical (unpaired) electrons.